The van der Waals surface area contributed by atoms with Crippen molar-refractivity contribution in [1.82, 2.24) is 15.0 Å². The molecule has 0 N–H and O–H groups in total. The highest BCUT2D eigenvalue weighted by Crippen LogP contribution is 2.21. The summed E-state index contributed by atoms with van der Waals surface area (Å²) in [4.78, 5) is 17.4. The number of methoxy groups -OCH3 is 1. The van der Waals surface area contributed by atoms with E-state index in [1.807, 2.05) is 12.1 Å². The Morgan fingerprint density at radius 2 is 1.72 bits per heavy atom. The van der Waals surface area contributed by atoms with Crippen LogP contribution in [0.2, 0.25) is 0 Å². The van der Waals surface area contributed by atoms with Crippen LogP contribution in [-0.4, -0.2) is 54.8 Å². The van der Waals surface area contributed by atoms with Crippen LogP contribution in [0.3, 0.4) is 0 Å². The molecule has 1 saturated heterocycles. The molecule has 3 rings (SSSR count). The van der Waals surface area contributed by atoms with E-state index in [1.54, 1.807) is 7.11 Å². The lowest BCUT2D eigenvalue weighted by Gasteiger charge is -2.36. The number of ether oxygens (including phenoxy) is 2. The predicted octanol–water partition coefficient (Wildman–Crippen LogP) is 2.39. The average Bonchev–Trinajstić information content (AvgIpc) is 2.69. The van der Waals surface area contributed by atoms with Crippen molar-refractivity contribution in [3.05, 3.63) is 30.6 Å². The highest BCUT2D eigenvalue weighted by molar-refractivity contribution is 5.50. The van der Waals surface area contributed by atoms with Crippen molar-refractivity contribution in [2.24, 2.45) is 0 Å². The Labute approximate surface area is 148 Å². The molecule has 7 nitrogen and oxygen atoms in total. The van der Waals surface area contributed by atoms with Crippen molar-refractivity contribution in [2.45, 2.75) is 19.8 Å². The molecule has 0 amide bonds. The summed E-state index contributed by atoms with van der Waals surface area (Å²) in [6, 6.07) is 8.59. The number of anilines is 2. The number of nitrogens with zero attached hydrogens (tertiary/aromatic N) is 5. The molecule has 7 heteroatoms. The van der Waals surface area contributed by atoms with Crippen molar-refractivity contribution in [3.63, 3.8) is 0 Å². The molecular formula is C18H25N5O2. The zero-order valence-electron chi connectivity index (χ0n) is 14.9. The van der Waals surface area contributed by atoms with Crippen LogP contribution in [-0.2, 0) is 0 Å². The highest BCUT2D eigenvalue weighted by atomic mass is 16.5. The summed E-state index contributed by atoms with van der Waals surface area (Å²) in [5.41, 5.74) is 1.21. The molecule has 0 unspecified atom stereocenters. The van der Waals surface area contributed by atoms with Crippen molar-refractivity contribution in [2.75, 3.05) is 49.7 Å². The second kappa shape index (κ2) is 8.50. The Hall–Kier alpha value is -2.57. The van der Waals surface area contributed by atoms with Gasteiger partial charge in [-0.05, 0) is 30.7 Å². The molecule has 0 spiro atoms. The van der Waals surface area contributed by atoms with Gasteiger partial charge in [-0.15, -0.1) is 0 Å². The second-order valence-electron chi connectivity index (χ2n) is 5.94. The lowest BCUT2D eigenvalue weighted by molar-refractivity contribution is 0.284. The van der Waals surface area contributed by atoms with Crippen molar-refractivity contribution in [1.29, 1.82) is 0 Å². The number of rotatable bonds is 7. The minimum atomic E-state index is 0.413. The van der Waals surface area contributed by atoms with E-state index in [-0.39, 0.29) is 0 Å². The molecule has 1 aliphatic heterocycles. The summed E-state index contributed by atoms with van der Waals surface area (Å²) in [6.07, 6.45) is 3.62. The monoisotopic (exact) mass is 343 g/mol. The Bertz CT molecular complexity index is 657. The average molecular weight is 343 g/mol. The standard InChI is InChI=1S/C18H25N5O2/c1-3-4-13-25-18-20-14-19-17(21-18)23-11-9-22(10-12-23)15-5-7-16(24-2)8-6-15/h5-8,14H,3-4,9-13H2,1-2H3. The number of hydrogen-bond donors (Lipinski definition) is 0. The van der Waals surface area contributed by atoms with E-state index < -0.39 is 0 Å². The molecule has 134 valence electrons. The smallest absolute Gasteiger partial charge is 0.321 e. The predicted molar refractivity (Wildman–Crippen MR) is 97.7 cm³/mol. The van der Waals surface area contributed by atoms with Gasteiger partial charge in [0.25, 0.3) is 0 Å². The molecule has 2 aromatic rings. The number of hydrogen-bond acceptors (Lipinski definition) is 7. The second-order valence-corrected chi connectivity index (χ2v) is 5.94. The largest absolute Gasteiger partial charge is 0.497 e. The van der Waals surface area contributed by atoms with Crippen molar-refractivity contribution >= 4 is 11.6 Å². The normalized spacial score (nSPS) is 14.5. The van der Waals surface area contributed by atoms with Crippen LogP contribution in [0, 0.1) is 0 Å². The van der Waals surface area contributed by atoms with Gasteiger partial charge in [0.2, 0.25) is 5.95 Å². The molecule has 0 saturated carbocycles. The molecular weight excluding hydrogens is 318 g/mol. The molecule has 25 heavy (non-hydrogen) atoms. The molecule has 1 fully saturated rings. The first-order valence-corrected chi connectivity index (χ1v) is 8.76. The fraction of sp³-hybridized carbons (Fsp3) is 0.500. The molecule has 1 aliphatic rings. The summed E-state index contributed by atoms with van der Waals surface area (Å²) in [7, 11) is 1.68. The van der Waals surface area contributed by atoms with Crippen LogP contribution in [0.5, 0.6) is 11.8 Å². The van der Waals surface area contributed by atoms with Gasteiger partial charge >= 0.3 is 6.01 Å². The number of unbranched alkanes of at least 4 members (excludes halogenated alkanes) is 1. The topological polar surface area (TPSA) is 63.6 Å². The van der Waals surface area contributed by atoms with Crippen LogP contribution in [0.4, 0.5) is 11.6 Å². The first kappa shape index (κ1) is 17.3. The Balaban J connectivity index is 1.57. The fourth-order valence-electron chi connectivity index (χ4n) is 2.76. The third-order valence-electron chi connectivity index (χ3n) is 4.27. The molecule has 0 bridgehead atoms. The summed E-state index contributed by atoms with van der Waals surface area (Å²) >= 11 is 0. The number of benzene rings is 1. The molecule has 0 aliphatic carbocycles. The van der Waals surface area contributed by atoms with E-state index in [1.165, 1.54) is 12.0 Å². The highest BCUT2D eigenvalue weighted by Gasteiger charge is 2.20. The van der Waals surface area contributed by atoms with Crippen LogP contribution in [0.15, 0.2) is 30.6 Å². The lowest BCUT2D eigenvalue weighted by Crippen LogP contribution is -2.47. The van der Waals surface area contributed by atoms with Gasteiger partial charge in [0.15, 0.2) is 0 Å². The van der Waals surface area contributed by atoms with Gasteiger partial charge in [0.05, 0.1) is 13.7 Å². The Morgan fingerprint density at radius 3 is 2.40 bits per heavy atom. The molecule has 2 heterocycles. The van der Waals surface area contributed by atoms with Gasteiger partial charge in [0.1, 0.15) is 12.1 Å². The fourth-order valence-corrected chi connectivity index (χ4v) is 2.76. The Kier molecular flexibility index (Phi) is 5.87. The van der Waals surface area contributed by atoms with Gasteiger partial charge in [-0.2, -0.15) is 9.97 Å². The molecule has 1 aromatic carbocycles. The van der Waals surface area contributed by atoms with E-state index in [2.05, 4.69) is 43.8 Å². The summed E-state index contributed by atoms with van der Waals surface area (Å²) in [5, 5.41) is 0. The molecule has 1 aromatic heterocycles. The van der Waals surface area contributed by atoms with Crippen LogP contribution in [0.1, 0.15) is 19.8 Å². The van der Waals surface area contributed by atoms with E-state index in [4.69, 9.17) is 9.47 Å². The van der Waals surface area contributed by atoms with Crippen LogP contribution < -0.4 is 19.3 Å². The zero-order valence-corrected chi connectivity index (χ0v) is 14.9. The zero-order chi connectivity index (χ0) is 17.5. The van der Waals surface area contributed by atoms with E-state index >= 15 is 0 Å². The molecule has 0 atom stereocenters. The van der Waals surface area contributed by atoms with Gasteiger partial charge in [-0.3, -0.25) is 0 Å². The van der Waals surface area contributed by atoms with E-state index in [0.29, 0.717) is 18.6 Å². The number of piperazine rings is 1. The van der Waals surface area contributed by atoms with Gasteiger partial charge in [-0.1, -0.05) is 13.3 Å². The number of aromatic nitrogens is 3. The maximum Gasteiger partial charge on any atom is 0.321 e. The van der Waals surface area contributed by atoms with Crippen molar-refractivity contribution in [3.8, 4) is 11.8 Å². The van der Waals surface area contributed by atoms with Gasteiger partial charge in [0, 0.05) is 31.9 Å². The van der Waals surface area contributed by atoms with Crippen LogP contribution in [0.25, 0.3) is 0 Å². The van der Waals surface area contributed by atoms with E-state index in [0.717, 1.165) is 44.8 Å². The quantitative estimate of drug-likeness (QED) is 0.715. The van der Waals surface area contributed by atoms with Gasteiger partial charge in [-0.25, -0.2) is 4.98 Å². The SMILES string of the molecule is CCCCOc1ncnc(N2CCN(c3ccc(OC)cc3)CC2)n1. The minimum Gasteiger partial charge on any atom is -0.497 e. The summed E-state index contributed by atoms with van der Waals surface area (Å²) in [6.45, 7) is 6.35. The summed E-state index contributed by atoms with van der Waals surface area (Å²) < 4.78 is 10.8. The third kappa shape index (κ3) is 4.49. The lowest BCUT2D eigenvalue weighted by atomic mass is 10.2. The maximum atomic E-state index is 5.58. The Morgan fingerprint density at radius 1 is 1.00 bits per heavy atom. The minimum absolute atomic E-state index is 0.413. The first-order chi connectivity index (χ1) is 12.3. The summed E-state index contributed by atoms with van der Waals surface area (Å²) in [5.74, 6) is 1.57. The van der Waals surface area contributed by atoms with E-state index in [9.17, 15) is 0 Å². The molecule has 0 radical (unpaired) electrons. The van der Waals surface area contributed by atoms with Crippen molar-refractivity contribution < 1.29 is 9.47 Å². The first-order valence-electron chi connectivity index (χ1n) is 8.76. The third-order valence-corrected chi connectivity index (χ3v) is 4.27. The van der Waals surface area contributed by atoms with Gasteiger partial charge < -0.3 is 19.3 Å². The van der Waals surface area contributed by atoms with Crippen LogP contribution >= 0.6 is 0 Å². The maximum absolute atomic E-state index is 5.58.